The van der Waals surface area contributed by atoms with E-state index in [1.807, 2.05) is 6.92 Å². The summed E-state index contributed by atoms with van der Waals surface area (Å²) in [5.74, 6) is -0.577. The topological polar surface area (TPSA) is 64.4 Å². The first kappa shape index (κ1) is 16.5. The molecule has 7 heteroatoms. The SMILES string of the molecule is COC(=O)[C@H]1CCCCN1C(=O)/C=C/c1c(C)nn(C)c1Cl. The number of aromatic nitrogens is 2. The number of piperidine rings is 1. The van der Waals surface area contributed by atoms with Gasteiger partial charge < -0.3 is 9.64 Å². The summed E-state index contributed by atoms with van der Waals surface area (Å²) < 4.78 is 6.34. The number of carbonyl (C=O) groups is 2. The van der Waals surface area contributed by atoms with E-state index in [0.29, 0.717) is 23.7 Å². The van der Waals surface area contributed by atoms with Crippen LogP contribution in [0.15, 0.2) is 6.08 Å². The van der Waals surface area contributed by atoms with E-state index in [1.165, 1.54) is 13.2 Å². The maximum atomic E-state index is 12.4. The van der Waals surface area contributed by atoms with Gasteiger partial charge in [-0.15, -0.1) is 0 Å². The molecule has 6 nitrogen and oxygen atoms in total. The standard InChI is InChI=1S/C15H20ClN3O3/c1-10-11(14(16)18(2)17-10)7-8-13(20)19-9-5-4-6-12(19)15(21)22-3/h7-8,12H,4-6,9H2,1-3H3/b8-7+/t12-/m1/s1. The lowest BCUT2D eigenvalue weighted by Crippen LogP contribution is -2.47. The Kier molecular flexibility index (Phi) is 5.24. The van der Waals surface area contributed by atoms with Crippen LogP contribution in [0, 0.1) is 6.92 Å². The van der Waals surface area contributed by atoms with Crippen molar-refractivity contribution >= 4 is 29.6 Å². The van der Waals surface area contributed by atoms with E-state index in [2.05, 4.69) is 5.10 Å². The minimum atomic E-state index is -0.499. The highest BCUT2D eigenvalue weighted by atomic mass is 35.5. The van der Waals surface area contributed by atoms with Crippen molar-refractivity contribution in [3.63, 3.8) is 0 Å². The predicted octanol–water partition coefficient (Wildman–Crippen LogP) is 1.95. The Morgan fingerprint density at radius 3 is 2.73 bits per heavy atom. The Bertz CT molecular complexity index is 609. The van der Waals surface area contributed by atoms with Crippen LogP contribution in [-0.4, -0.2) is 46.3 Å². The number of hydrogen-bond acceptors (Lipinski definition) is 4. The summed E-state index contributed by atoms with van der Waals surface area (Å²) in [6.45, 7) is 2.39. The molecule has 1 atom stereocenters. The number of likely N-dealkylation sites (tertiary alicyclic amines) is 1. The molecule has 2 rings (SSSR count). The van der Waals surface area contributed by atoms with Crippen LogP contribution in [0.25, 0.3) is 6.08 Å². The molecule has 1 aliphatic rings. The van der Waals surface area contributed by atoms with Crippen molar-refractivity contribution in [3.8, 4) is 0 Å². The van der Waals surface area contributed by atoms with E-state index in [1.54, 1.807) is 22.7 Å². The van der Waals surface area contributed by atoms with Gasteiger partial charge in [0.1, 0.15) is 11.2 Å². The molecule has 1 amide bonds. The fraction of sp³-hybridized carbons (Fsp3) is 0.533. The molecule has 1 aromatic rings. The quantitative estimate of drug-likeness (QED) is 0.629. The first-order valence-electron chi connectivity index (χ1n) is 7.21. The van der Waals surface area contributed by atoms with Gasteiger partial charge in [0.05, 0.1) is 12.8 Å². The van der Waals surface area contributed by atoms with Crippen molar-refractivity contribution in [2.45, 2.75) is 32.2 Å². The molecule has 120 valence electrons. The van der Waals surface area contributed by atoms with Gasteiger partial charge in [0, 0.05) is 25.2 Å². The minimum Gasteiger partial charge on any atom is -0.467 e. The number of esters is 1. The van der Waals surface area contributed by atoms with Gasteiger partial charge in [-0.2, -0.15) is 5.10 Å². The van der Waals surface area contributed by atoms with Crippen molar-refractivity contribution in [2.24, 2.45) is 7.05 Å². The third-order valence-corrected chi connectivity index (χ3v) is 4.30. The Labute approximate surface area is 134 Å². The van der Waals surface area contributed by atoms with Crippen molar-refractivity contribution in [3.05, 3.63) is 22.5 Å². The van der Waals surface area contributed by atoms with Crippen molar-refractivity contribution in [1.82, 2.24) is 14.7 Å². The first-order valence-corrected chi connectivity index (χ1v) is 7.59. The molecule has 1 aromatic heterocycles. The fourth-order valence-corrected chi connectivity index (χ4v) is 2.90. The number of carbonyl (C=O) groups excluding carboxylic acids is 2. The van der Waals surface area contributed by atoms with E-state index in [0.717, 1.165) is 18.5 Å². The zero-order chi connectivity index (χ0) is 16.3. The number of amides is 1. The van der Waals surface area contributed by atoms with Gasteiger partial charge in [-0.3, -0.25) is 9.48 Å². The predicted molar refractivity (Wildman–Crippen MR) is 83.4 cm³/mol. The summed E-state index contributed by atoms with van der Waals surface area (Å²) in [7, 11) is 3.08. The van der Waals surface area contributed by atoms with Crippen LogP contribution in [0.3, 0.4) is 0 Å². The number of aryl methyl sites for hydroxylation is 2. The van der Waals surface area contributed by atoms with Crippen LogP contribution in [-0.2, 0) is 21.4 Å². The second kappa shape index (κ2) is 6.96. The van der Waals surface area contributed by atoms with E-state index in [4.69, 9.17) is 16.3 Å². The molecule has 0 N–H and O–H groups in total. The van der Waals surface area contributed by atoms with Crippen LogP contribution >= 0.6 is 11.6 Å². The molecule has 22 heavy (non-hydrogen) atoms. The highest BCUT2D eigenvalue weighted by Gasteiger charge is 2.31. The average Bonchev–Trinajstić information content (AvgIpc) is 2.77. The summed E-state index contributed by atoms with van der Waals surface area (Å²) in [5, 5.41) is 4.67. The van der Waals surface area contributed by atoms with Crippen molar-refractivity contribution in [2.75, 3.05) is 13.7 Å². The van der Waals surface area contributed by atoms with Crippen LogP contribution in [0.4, 0.5) is 0 Å². The van der Waals surface area contributed by atoms with E-state index < -0.39 is 6.04 Å². The average molecular weight is 326 g/mol. The Morgan fingerprint density at radius 2 is 2.14 bits per heavy atom. The fourth-order valence-electron chi connectivity index (χ4n) is 2.66. The molecule has 1 saturated heterocycles. The Hall–Kier alpha value is -1.82. The minimum absolute atomic E-state index is 0.214. The third kappa shape index (κ3) is 3.32. The number of nitrogens with zero attached hydrogens (tertiary/aromatic N) is 3. The van der Waals surface area contributed by atoms with Gasteiger partial charge in [0.25, 0.3) is 0 Å². The normalized spacial score (nSPS) is 18.7. The van der Waals surface area contributed by atoms with Crippen molar-refractivity contribution < 1.29 is 14.3 Å². The largest absolute Gasteiger partial charge is 0.467 e. The smallest absolute Gasteiger partial charge is 0.328 e. The lowest BCUT2D eigenvalue weighted by Gasteiger charge is -2.32. The lowest BCUT2D eigenvalue weighted by molar-refractivity contribution is -0.153. The summed E-state index contributed by atoms with van der Waals surface area (Å²) in [4.78, 5) is 25.7. The highest BCUT2D eigenvalue weighted by Crippen LogP contribution is 2.22. The molecule has 0 unspecified atom stereocenters. The molecular weight excluding hydrogens is 306 g/mol. The second-order valence-electron chi connectivity index (χ2n) is 5.31. The van der Waals surface area contributed by atoms with Gasteiger partial charge in [0.2, 0.25) is 5.91 Å². The zero-order valence-corrected chi connectivity index (χ0v) is 13.8. The van der Waals surface area contributed by atoms with Crippen LogP contribution < -0.4 is 0 Å². The maximum absolute atomic E-state index is 12.4. The van der Waals surface area contributed by atoms with E-state index >= 15 is 0 Å². The number of hydrogen-bond donors (Lipinski definition) is 0. The van der Waals surface area contributed by atoms with E-state index in [-0.39, 0.29) is 11.9 Å². The molecule has 2 heterocycles. The summed E-state index contributed by atoms with van der Waals surface area (Å²) in [5.41, 5.74) is 1.46. The maximum Gasteiger partial charge on any atom is 0.328 e. The summed E-state index contributed by atoms with van der Waals surface area (Å²) >= 11 is 6.14. The van der Waals surface area contributed by atoms with Gasteiger partial charge >= 0.3 is 5.97 Å². The second-order valence-corrected chi connectivity index (χ2v) is 5.67. The van der Waals surface area contributed by atoms with Crippen LogP contribution in [0.1, 0.15) is 30.5 Å². The molecule has 0 saturated carbocycles. The lowest BCUT2D eigenvalue weighted by atomic mass is 10.0. The van der Waals surface area contributed by atoms with Gasteiger partial charge in [-0.05, 0) is 32.3 Å². The Morgan fingerprint density at radius 1 is 1.41 bits per heavy atom. The van der Waals surface area contributed by atoms with Crippen LogP contribution in [0.2, 0.25) is 5.15 Å². The molecular formula is C15H20ClN3O3. The summed E-state index contributed by atoms with van der Waals surface area (Å²) in [6, 6.07) is -0.499. The first-order chi connectivity index (χ1) is 10.5. The van der Waals surface area contributed by atoms with Gasteiger partial charge in [0.15, 0.2) is 0 Å². The van der Waals surface area contributed by atoms with Gasteiger partial charge in [-0.1, -0.05) is 11.6 Å². The summed E-state index contributed by atoms with van der Waals surface area (Å²) in [6.07, 6.45) is 5.53. The molecule has 0 aliphatic carbocycles. The molecule has 1 fully saturated rings. The zero-order valence-electron chi connectivity index (χ0n) is 13.0. The van der Waals surface area contributed by atoms with Crippen LogP contribution in [0.5, 0.6) is 0 Å². The molecule has 0 bridgehead atoms. The third-order valence-electron chi connectivity index (χ3n) is 3.85. The molecule has 0 radical (unpaired) electrons. The molecule has 1 aliphatic heterocycles. The molecule has 0 aromatic carbocycles. The number of halogens is 1. The van der Waals surface area contributed by atoms with E-state index in [9.17, 15) is 9.59 Å². The van der Waals surface area contributed by atoms with Crippen molar-refractivity contribution in [1.29, 1.82) is 0 Å². The molecule has 0 spiro atoms. The Balaban J connectivity index is 2.16. The number of rotatable bonds is 3. The highest BCUT2D eigenvalue weighted by molar-refractivity contribution is 6.31. The monoisotopic (exact) mass is 325 g/mol. The number of ether oxygens (including phenoxy) is 1. The van der Waals surface area contributed by atoms with Gasteiger partial charge in [-0.25, -0.2) is 4.79 Å². The number of methoxy groups -OCH3 is 1.